The van der Waals surface area contributed by atoms with Gasteiger partial charge in [0.15, 0.2) is 0 Å². The van der Waals surface area contributed by atoms with E-state index in [-0.39, 0.29) is 30.3 Å². The van der Waals surface area contributed by atoms with E-state index in [1.165, 1.54) is 6.92 Å². The van der Waals surface area contributed by atoms with Crippen molar-refractivity contribution >= 4 is 11.8 Å². The molecule has 0 bridgehead atoms. The van der Waals surface area contributed by atoms with Gasteiger partial charge in [0.1, 0.15) is 0 Å². The smallest absolute Gasteiger partial charge is 0.222 e. The van der Waals surface area contributed by atoms with Crippen molar-refractivity contribution < 1.29 is 9.59 Å². The van der Waals surface area contributed by atoms with E-state index in [4.69, 9.17) is 0 Å². The number of hydrogen-bond donors (Lipinski definition) is 2. The number of carbonyl (C=O) groups excluding carboxylic acids is 2. The molecule has 1 aromatic rings. The van der Waals surface area contributed by atoms with Crippen LogP contribution in [0.3, 0.4) is 0 Å². The predicted octanol–water partition coefficient (Wildman–Crippen LogP) is 2.17. The molecular weight excluding hydrogens is 240 g/mol. The minimum atomic E-state index is -0.275. The maximum atomic E-state index is 11.9. The number of rotatable bonds is 6. The van der Waals surface area contributed by atoms with Gasteiger partial charge in [-0.2, -0.15) is 0 Å². The van der Waals surface area contributed by atoms with Gasteiger partial charge >= 0.3 is 0 Å². The minimum absolute atomic E-state index is 0.0445. The van der Waals surface area contributed by atoms with Crippen LogP contribution in [0, 0.1) is 0 Å². The van der Waals surface area contributed by atoms with Gasteiger partial charge in [-0.15, -0.1) is 0 Å². The molecule has 0 aliphatic rings. The molecular formula is C15H22N2O2. The van der Waals surface area contributed by atoms with Crippen LogP contribution in [-0.2, 0) is 9.59 Å². The Balaban J connectivity index is 2.70. The Kier molecular flexibility index (Phi) is 6.06. The first-order chi connectivity index (χ1) is 9.02. The molecule has 0 fully saturated rings. The summed E-state index contributed by atoms with van der Waals surface area (Å²) in [6.07, 6.45) is 1.15. The number of benzene rings is 1. The van der Waals surface area contributed by atoms with Gasteiger partial charge in [0, 0.05) is 13.0 Å². The van der Waals surface area contributed by atoms with E-state index in [2.05, 4.69) is 10.6 Å². The van der Waals surface area contributed by atoms with E-state index in [1.807, 2.05) is 44.2 Å². The Bertz CT molecular complexity index is 417. The first-order valence-electron chi connectivity index (χ1n) is 6.64. The molecule has 4 heteroatoms. The lowest BCUT2D eigenvalue weighted by Gasteiger charge is -2.19. The Morgan fingerprint density at radius 3 is 2.32 bits per heavy atom. The Labute approximate surface area is 114 Å². The molecule has 0 saturated heterocycles. The van der Waals surface area contributed by atoms with E-state index in [1.54, 1.807) is 0 Å². The van der Waals surface area contributed by atoms with Gasteiger partial charge in [-0.1, -0.05) is 37.3 Å². The molecule has 0 aromatic heterocycles. The zero-order valence-corrected chi connectivity index (χ0v) is 11.8. The van der Waals surface area contributed by atoms with E-state index < -0.39 is 0 Å². The number of amides is 2. The molecule has 104 valence electrons. The summed E-state index contributed by atoms with van der Waals surface area (Å²) >= 11 is 0. The van der Waals surface area contributed by atoms with Crippen LogP contribution in [0.1, 0.15) is 45.2 Å². The van der Waals surface area contributed by atoms with E-state index in [0.29, 0.717) is 0 Å². The second kappa shape index (κ2) is 7.56. The van der Waals surface area contributed by atoms with Gasteiger partial charge in [-0.3, -0.25) is 9.59 Å². The van der Waals surface area contributed by atoms with Gasteiger partial charge in [-0.25, -0.2) is 0 Å². The number of hydrogen-bond acceptors (Lipinski definition) is 2. The Hall–Kier alpha value is -1.84. The predicted molar refractivity (Wildman–Crippen MR) is 75.5 cm³/mol. The van der Waals surface area contributed by atoms with E-state index in [9.17, 15) is 9.59 Å². The van der Waals surface area contributed by atoms with Crippen LogP contribution in [0.25, 0.3) is 0 Å². The maximum absolute atomic E-state index is 11.9. The van der Waals surface area contributed by atoms with Crippen molar-refractivity contribution in [2.75, 3.05) is 0 Å². The first-order valence-corrected chi connectivity index (χ1v) is 6.64. The maximum Gasteiger partial charge on any atom is 0.222 e. The molecule has 2 amide bonds. The standard InChI is InChI=1S/C15H22N2O2/c1-4-11(2)16-15(19)10-14(17-12(3)18)13-8-6-5-7-9-13/h5-9,11,14H,4,10H2,1-3H3,(H,16,19)(H,17,18). The molecule has 0 saturated carbocycles. The largest absolute Gasteiger partial charge is 0.354 e. The lowest BCUT2D eigenvalue weighted by Crippen LogP contribution is -2.36. The van der Waals surface area contributed by atoms with Crippen molar-refractivity contribution in [1.82, 2.24) is 10.6 Å². The fourth-order valence-electron chi connectivity index (χ4n) is 1.80. The van der Waals surface area contributed by atoms with Gasteiger partial charge in [-0.05, 0) is 18.9 Å². The summed E-state index contributed by atoms with van der Waals surface area (Å²) in [4.78, 5) is 23.2. The van der Waals surface area contributed by atoms with Crippen molar-refractivity contribution in [1.29, 1.82) is 0 Å². The lowest BCUT2D eigenvalue weighted by atomic mass is 10.0. The molecule has 1 aromatic carbocycles. The zero-order valence-electron chi connectivity index (χ0n) is 11.8. The van der Waals surface area contributed by atoms with Crippen LogP contribution in [-0.4, -0.2) is 17.9 Å². The zero-order chi connectivity index (χ0) is 14.3. The summed E-state index contributed by atoms with van der Waals surface area (Å²) < 4.78 is 0. The monoisotopic (exact) mass is 262 g/mol. The second-order valence-electron chi connectivity index (χ2n) is 4.74. The molecule has 4 nitrogen and oxygen atoms in total. The fourth-order valence-corrected chi connectivity index (χ4v) is 1.80. The number of nitrogens with one attached hydrogen (secondary N) is 2. The highest BCUT2D eigenvalue weighted by Crippen LogP contribution is 2.16. The van der Waals surface area contributed by atoms with Crippen molar-refractivity contribution in [2.45, 2.75) is 45.7 Å². The third-order valence-electron chi connectivity index (χ3n) is 2.99. The normalized spacial score (nSPS) is 13.4. The summed E-state index contributed by atoms with van der Waals surface area (Å²) in [5.74, 6) is -0.179. The highest BCUT2D eigenvalue weighted by atomic mass is 16.2. The highest BCUT2D eigenvalue weighted by molar-refractivity contribution is 5.79. The molecule has 2 unspecified atom stereocenters. The summed E-state index contributed by atoms with van der Waals surface area (Å²) in [5, 5.41) is 5.73. The molecule has 0 radical (unpaired) electrons. The fraction of sp³-hybridized carbons (Fsp3) is 0.467. The van der Waals surface area contributed by atoms with Crippen molar-refractivity contribution in [3.05, 3.63) is 35.9 Å². The molecule has 0 aliphatic heterocycles. The molecule has 0 spiro atoms. The lowest BCUT2D eigenvalue weighted by molar-refractivity contribution is -0.123. The van der Waals surface area contributed by atoms with Crippen molar-refractivity contribution in [3.8, 4) is 0 Å². The van der Waals surface area contributed by atoms with Crippen LogP contribution in [0.15, 0.2) is 30.3 Å². The average molecular weight is 262 g/mol. The van der Waals surface area contributed by atoms with Crippen LogP contribution in [0.5, 0.6) is 0 Å². The molecule has 0 heterocycles. The molecule has 19 heavy (non-hydrogen) atoms. The van der Waals surface area contributed by atoms with Gasteiger partial charge < -0.3 is 10.6 Å². The minimum Gasteiger partial charge on any atom is -0.354 e. The molecule has 2 N–H and O–H groups in total. The highest BCUT2D eigenvalue weighted by Gasteiger charge is 2.17. The van der Waals surface area contributed by atoms with E-state index >= 15 is 0 Å². The topological polar surface area (TPSA) is 58.2 Å². The van der Waals surface area contributed by atoms with Gasteiger partial charge in [0.05, 0.1) is 12.5 Å². The second-order valence-corrected chi connectivity index (χ2v) is 4.74. The average Bonchev–Trinajstić information content (AvgIpc) is 2.38. The third-order valence-corrected chi connectivity index (χ3v) is 2.99. The van der Waals surface area contributed by atoms with Crippen LogP contribution in [0.2, 0.25) is 0 Å². The molecule has 1 rings (SSSR count). The molecule has 2 atom stereocenters. The summed E-state index contributed by atoms with van der Waals surface area (Å²) in [5.41, 5.74) is 0.942. The summed E-state index contributed by atoms with van der Waals surface area (Å²) in [7, 11) is 0. The Morgan fingerprint density at radius 1 is 1.16 bits per heavy atom. The van der Waals surface area contributed by atoms with Gasteiger partial charge in [0.25, 0.3) is 0 Å². The first kappa shape index (κ1) is 15.2. The van der Waals surface area contributed by atoms with Crippen LogP contribution in [0.4, 0.5) is 0 Å². The van der Waals surface area contributed by atoms with Gasteiger partial charge in [0.2, 0.25) is 11.8 Å². The van der Waals surface area contributed by atoms with E-state index in [0.717, 1.165) is 12.0 Å². The SMILES string of the molecule is CCC(C)NC(=O)CC(NC(C)=O)c1ccccc1. The third kappa shape index (κ3) is 5.55. The van der Waals surface area contributed by atoms with Crippen LogP contribution < -0.4 is 10.6 Å². The van der Waals surface area contributed by atoms with Crippen molar-refractivity contribution in [2.24, 2.45) is 0 Å². The quantitative estimate of drug-likeness (QED) is 0.825. The summed E-state index contributed by atoms with van der Waals surface area (Å²) in [6, 6.07) is 9.42. The van der Waals surface area contributed by atoms with Crippen molar-refractivity contribution in [3.63, 3.8) is 0 Å². The molecule has 0 aliphatic carbocycles. The Morgan fingerprint density at radius 2 is 1.79 bits per heavy atom. The summed E-state index contributed by atoms with van der Waals surface area (Å²) in [6.45, 7) is 5.45. The van der Waals surface area contributed by atoms with Crippen LogP contribution >= 0.6 is 0 Å². The number of carbonyl (C=O) groups is 2.